The Hall–Kier alpha value is -2.14. The zero-order chi connectivity index (χ0) is 19.8. The first kappa shape index (κ1) is 21.2. The number of allylic oxidation sites excluding steroid dienone is 5. The molecule has 1 saturated carbocycles. The first-order valence-electron chi connectivity index (χ1n) is 9.55. The van der Waals surface area contributed by atoms with E-state index in [1.807, 2.05) is 45.1 Å². The van der Waals surface area contributed by atoms with Gasteiger partial charge in [0.15, 0.2) is 5.82 Å². The fourth-order valence-corrected chi connectivity index (χ4v) is 2.76. The minimum Gasteiger partial charge on any atom is -0.309 e. The number of amides is 1. The minimum absolute atomic E-state index is 0.122. The summed E-state index contributed by atoms with van der Waals surface area (Å²) >= 11 is 6.18. The number of nitrogens with one attached hydrogen (secondary N) is 2. The number of rotatable bonds is 9. The molecule has 0 atom stereocenters. The molecule has 1 aliphatic rings. The van der Waals surface area contributed by atoms with Crippen molar-refractivity contribution in [1.29, 1.82) is 0 Å². The highest BCUT2D eigenvalue weighted by molar-refractivity contribution is 6.32. The lowest BCUT2D eigenvalue weighted by Gasteiger charge is -2.06. The second-order valence-electron chi connectivity index (χ2n) is 6.80. The number of aromatic nitrogens is 2. The maximum absolute atomic E-state index is 12.4. The highest BCUT2D eigenvalue weighted by Crippen LogP contribution is 2.39. The van der Waals surface area contributed by atoms with Crippen LogP contribution in [0.5, 0.6) is 0 Å². The van der Waals surface area contributed by atoms with Crippen LogP contribution in [-0.2, 0) is 4.79 Å². The summed E-state index contributed by atoms with van der Waals surface area (Å²) in [4.78, 5) is 17.1. The van der Waals surface area contributed by atoms with Gasteiger partial charge in [0.1, 0.15) is 0 Å². The number of aliphatic imine (C=N–C) groups is 1. The lowest BCUT2D eigenvalue weighted by atomic mass is 10.1. The SMILES string of the molecule is C\C=C(CC(=O)Nc1cc(C2CC2)[nH]n1)/N=C(\C=C(C)/C(Cl)=C\C)CCC. The molecule has 27 heavy (non-hydrogen) atoms. The summed E-state index contributed by atoms with van der Waals surface area (Å²) in [6, 6.07) is 1.92. The van der Waals surface area contributed by atoms with E-state index in [1.165, 1.54) is 12.8 Å². The van der Waals surface area contributed by atoms with Crippen LogP contribution in [0.25, 0.3) is 0 Å². The van der Waals surface area contributed by atoms with Crippen LogP contribution >= 0.6 is 11.6 Å². The van der Waals surface area contributed by atoms with Gasteiger partial charge in [-0.25, -0.2) is 0 Å². The van der Waals surface area contributed by atoms with Gasteiger partial charge >= 0.3 is 0 Å². The Balaban J connectivity index is 2.03. The smallest absolute Gasteiger partial charge is 0.231 e. The molecule has 5 nitrogen and oxygen atoms in total. The molecule has 146 valence electrons. The van der Waals surface area contributed by atoms with Crippen LogP contribution in [-0.4, -0.2) is 21.8 Å². The molecule has 6 heteroatoms. The van der Waals surface area contributed by atoms with Crippen molar-refractivity contribution in [2.24, 2.45) is 4.99 Å². The third-order valence-corrected chi connectivity index (χ3v) is 4.88. The number of aromatic amines is 1. The van der Waals surface area contributed by atoms with Gasteiger partial charge in [0.2, 0.25) is 5.91 Å². The molecular formula is C21H29ClN4O. The summed E-state index contributed by atoms with van der Waals surface area (Å²) < 4.78 is 0. The van der Waals surface area contributed by atoms with Crippen molar-refractivity contribution >= 4 is 29.0 Å². The van der Waals surface area contributed by atoms with Crippen LogP contribution < -0.4 is 5.32 Å². The molecule has 2 N–H and O–H groups in total. The van der Waals surface area contributed by atoms with Gasteiger partial charge in [0.05, 0.1) is 6.42 Å². The first-order valence-corrected chi connectivity index (χ1v) is 9.93. The largest absolute Gasteiger partial charge is 0.309 e. The van der Waals surface area contributed by atoms with Gasteiger partial charge in [-0.1, -0.05) is 37.1 Å². The number of halogens is 1. The van der Waals surface area contributed by atoms with Gasteiger partial charge in [-0.15, -0.1) is 0 Å². The fourth-order valence-electron chi connectivity index (χ4n) is 2.71. The van der Waals surface area contributed by atoms with Crippen LogP contribution in [0.2, 0.25) is 0 Å². The monoisotopic (exact) mass is 388 g/mol. The molecule has 0 aromatic carbocycles. The van der Waals surface area contributed by atoms with Gasteiger partial charge in [-0.2, -0.15) is 5.10 Å². The predicted octanol–water partition coefficient (Wildman–Crippen LogP) is 5.85. The van der Waals surface area contributed by atoms with E-state index >= 15 is 0 Å². The van der Waals surface area contributed by atoms with Crippen LogP contribution in [0.15, 0.2) is 45.6 Å². The fraction of sp³-hybridized carbons (Fsp3) is 0.476. The van der Waals surface area contributed by atoms with Crippen molar-refractivity contribution in [3.63, 3.8) is 0 Å². The Morgan fingerprint density at radius 1 is 1.41 bits per heavy atom. The Bertz CT molecular complexity index is 782. The van der Waals surface area contributed by atoms with Crippen molar-refractivity contribution in [3.8, 4) is 0 Å². The quantitative estimate of drug-likeness (QED) is 0.411. The Labute approximate surface area is 166 Å². The van der Waals surface area contributed by atoms with Crippen LogP contribution in [0.3, 0.4) is 0 Å². The van der Waals surface area contributed by atoms with Gasteiger partial charge < -0.3 is 5.32 Å². The van der Waals surface area contributed by atoms with E-state index in [9.17, 15) is 4.79 Å². The molecule has 0 radical (unpaired) electrons. The summed E-state index contributed by atoms with van der Waals surface area (Å²) in [6.45, 7) is 7.87. The summed E-state index contributed by atoms with van der Waals surface area (Å²) in [7, 11) is 0. The van der Waals surface area contributed by atoms with Crippen molar-refractivity contribution in [3.05, 3.63) is 46.3 Å². The minimum atomic E-state index is -0.122. The molecule has 1 heterocycles. The van der Waals surface area contributed by atoms with E-state index in [4.69, 9.17) is 16.6 Å². The summed E-state index contributed by atoms with van der Waals surface area (Å²) in [6.07, 6.45) is 10.1. The number of nitrogens with zero attached hydrogens (tertiary/aromatic N) is 2. The normalized spacial score (nSPS) is 16.6. The Morgan fingerprint density at radius 3 is 2.74 bits per heavy atom. The van der Waals surface area contributed by atoms with Crippen LogP contribution in [0.4, 0.5) is 5.82 Å². The molecule has 0 unspecified atom stereocenters. The maximum Gasteiger partial charge on any atom is 0.231 e. The molecule has 0 saturated heterocycles. The van der Waals surface area contributed by atoms with Crippen LogP contribution in [0, 0.1) is 0 Å². The standard InChI is InChI=1S/C21H29ClN4O/c1-5-8-17(11-14(4)18(22)7-3)23-16(6-2)12-21(27)24-20-13-19(25-26-20)15-9-10-15/h6-7,11,13,15H,5,8-10,12H2,1-4H3,(H2,24,25,26,27)/b14-11-,16-6-,18-7+,23-17-. The number of hydrogen-bond acceptors (Lipinski definition) is 3. The zero-order valence-electron chi connectivity index (χ0n) is 16.6. The molecule has 0 aliphatic heterocycles. The summed E-state index contributed by atoms with van der Waals surface area (Å²) in [5, 5.41) is 10.7. The second-order valence-corrected chi connectivity index (χ2v) is 7.21. The molecule has 2 rings (SSSR count). The third kappa shape index (κ3) is 6.83. The predicted molar refractivity (Wildman–Crippen MR) is 113 cm³/mol. The molecule has 1 aromatic heterocycles. The molecule has 0 spiro atoms. The van der Waals surface area contributed by atoms with Gasteiger partial charge in [0, 0.05) is 34.1 Å². The number of carbonyl (C=O) groups excluding carboxylic acids is 1. The molecule has 1 aromatic rings. The zero-order valence-corrected chi connectivity index (χ0v) is 17.4. The van der Waals surface area contributed by atoms with Gasteiger partial charge in [-0.05, 0) is 51.7 Å². The number of hydrogen-bond donors (Lipinski definition) is 2. The molecule has 1 aliphatic carbocycles. The summed E-state index contributed by atoms with van der Waals surface area (Å²) in [5.74, 6) is 1.03. The van der Waals surface area contributed by atoms with Crippen LogP contribution in [0.1, 0.15) is 71.4 Å². The molecule has 0 bridgehead atoms. The molecular weight excluding hydrogens is 360 g/mol. The van der Waals surface area contributed by atoms with Gasteiger partial charge in [-0.3, -0.25) is 14.9 Å². The third-order valence-electron chi connectivity index (χ3n) is 4.36. The van der Waals surface area contributed by atoms with E-state index < -0.39 is 0 Å². The number of anilines is 1. The lowest BCUT2D eigenvalue weighted by Crippen LogP contribution is -2.12. The average molecular weight is 389 g/mol. The summed E-state index contributed by atoms with van der Waals surface area (Å²) in [5.41, 5.74) is 3.72. The maximum atomic E-state index is 12.4. The van der Waals surface area contributed by atoms with Crippen molar-refractivity contribution in [2.75, 3.05) is 5.32 Å². The highest BCUT2D eigenvalue weighted by Gasteiger charge is 2.25. The van der Waals surface area contributed by atoms with E-state index in [0.29, 0.717) is 16.8 Å². The topological polar surface area (TPSA) is 70.1 Å². The van der Waals surface area contributed by atoms with E-state index in [1.54, 1.807) is 0 Å². The second kappa shape index (κ2) is 10.3. The van der Waals surface area contributed by atoms with Crippen molar-refractivity contribution < 1.29 is 4.79 Å². The van der Waals surface area contributed by atoms with Gasteiger partial charge in [0.25, 0.3) is 0 Å². The molecule has 1 fully saturated rings. The van der Waals surface area contributed by atoms with Crippen molar-refractivity contribution in [2.45, 2.75) is 65.7 Å². The number of H-pyrrole nitrogens is 1. The lowest BCUT2D eigenvalue weighted by molar-refractivity contribution is -0.115. The van der Waals surface area contributed by atoms with E-state index in [0.717, 1.165) is 35.5 Å². The van der Waals surface area contributed by atoms with E-state index in [2.05, 4.69) is 22.4 Å². The molecule has 1 amide bonds. The average Bonchev–Trinajstić information content (AvgIpc) is 3.40. The first-order chi connectivity index (χ1) is 13.0. The van der Waals surface area contributed by atoms with Crippen molar-refractivity contribution in [1.82, 2.24) is 10.2 Å². The van der Waals surface area contributed by atoms with E-state index in [-0.39, 0.29) is 12.3 Å². The number of carbonyl (C=O) groups is 1. The Kier molecular flexibility index (Phi) is 8.04. The highest BCUT2D eigenvalue weighted by atomic mass is 35.5. The Morgan fingerprint density at radius 2 is 2.15 bits per heavy atom.